The quantitative estimate of drug-likeness (QED) is 0.551. The van der Waals surface area contributed by atoms with E-state index in [4.69, 9.17) is 0 Å². The summed E-state index contributed by atoms with van der Waals surface area (Å²) in [6, 6.07) is 0.0844. The van der Waals surface area contributed by atoms with Crippen LogP contribution in [-0.2, 0) is 14.4 Å². The van der Waals surface area contributed by atoms with Crippen molar-refractivity contribution in [3.8, 4) is 0 Å². The second kappa shape index (κ2) is 5.26. The first kappa shape index (κ1) is 14.8. The minimum atomic E-state index is -0.710. The zero-order chi connectivity index (χ0) is 15.9. The number of hydrogen-bond donors (Lipinski definition) is 0. The highest BCUT2D eigenvalue weighted by Gasteiger charge is 2.59. The molecular weight excluding hydrogens is 282 g/mol. The summed E-state index contributed by atoms with van der Waals surface area (Å²) in [5.41, 5.74) is -0.710. The zero-order valence-corrected chi connectivity index (χ0v) is 12.8. The summed E-state index contributed by atoms with van der Waals surface area (Å²) in [4.78, 5) is 41.9. The number of rotatable bonds is 3. The van der Waals surface area contributed by atoms with E-state index in [2.05, 4.69) is 6.58 Å². The summed E-state index contributed by atoms with van der Waals surface area (Å²) in [6.45, 7) is 7.04. The van der Waals surface area contributed by atoms with Gasteiger partial charge in [-0.05, 0) is 25.8 Å². The van der Waals surface area contributed by atoms with Gasteiger partial charge < -0.3 is 14.7 Å². The third-order valence-electron chi connectivity index (χ3n) is 4.81. The molecule has 2 fully saturated rings. The van der Waals surface area contributed by atoms with Gasteiger partial charge >= 0.3 is 0 Å². The molecule has 2 heterocycles. The number of carbonyl (C=O) groups excluding carboxylic acids is 3. The molecule has 1 aliphatic carbocycles. The number of piperazine rings is 1. The van der Waals surface area contributed by atoms with Crippen LogP contribution in [0.1, 0.15) is 19.8 Å². The van der Waals surface area contributed by atoms with Gasteiger partial charge in [-0.3, -0.25) is 14.4 Å². The Morgan fingerprint density at radius 3 is 2.68 bits per heavy atom. The van der Waals surface area contributed by atoms with Gasteiger partial charge in [0.25, 0.3) is 0 Å². The fourth-order valence-electron chi connectivity index (χ4n) is 3.35. The Kier molecular flexibility index (Phi) is 3.54. The molecule has 0 bridgehead atoms. The molecule has 2 aliphatic heterocycles. The van der Waals surface area contributed by atoms with Crippen LogP contribution in [-0.4, -0.2) is 70.2 Å². The lowest BCUT2D eigenvalue weighted by Crippen LogP contribution is -2.61. The summed E-state index contributed by atoms with van der Waals surface area (Å²) < 4.78 is 0. The van der Waals surface area contributed by atoms with Gasteiger partial charge in [0, 0.05) is 25.7 Å². The Morgan fingerprint density at radius 2 is 2.14 bits per heavy atom. The average molecular weight is 303 g/mol. The monoisotopic (exact) mass is 303 g/mol. The molecule has 6 heteroatoms. The number of amides is 3. The van der Waals surface area contributed by atoms with Gasteiger partial charge in [-0.15, -0.1) is 0 Å². The lowest BCUT2D eigenvalue weighted by atomic mass is 10.1. The lowest BCUT2D eigenvalue weighted by molar-refractivity contribution is -0.154. The van der Waals surface area contributed by atoms with E-state index in [0.29, 0.717) is 32.5 Å². The summed E-state index contributed by atoms with van der Waals surface area (Å²) >= 11 is 0. The Labute approximate surface area is 130 Å². The van der Waals surface area contributed by atoms with E-state index >= 15 is 0 Å². The topological polar surface area (TPSA) is 60.9 Å². The van der Waals surface area contributed by atoms with Crippen molar-refractivity contribution in [1.29, 1.82) is 0 Å². The molecule has 0 radical (unpaired) electrons. The maximum absolute atomic E-state index is 12.7. The molecule has 0 aromatic rings. The molecule has 0 unspecified atom stereocenters. The highest BCUT2D eigenvalue weighted by atomic mass is 16.2. The third-order valence-corrected chi connectivity index (χ3v) is 4.81. The SMILES string of the molecule is C=CC(=O)N1CCN(CC(=O)N2CC=C[C@H]2C)C(=O)C12CC2. The highest BCUT2D eigenvalue weighted by molar-refractivity contribution is 5.99. The minimum Gasteiger partial charge on any atom is -0.331 e. The largest absolute Gasteiger partial charge is 0.331 e. The molecule has 1 atom stereocenters. The van der Waals surface area contributed by atoms with Crippen LogP contribution in [0.25, 0.3) is 0 Å². The van der Waals surface area contributed by atoms with E-state index in [1.165, 1.54) is 6.08 Å². The standard InChI is InChI=1S/C16H21N3O3/c1-3-13(20)19-10-9-17(15(22)16(19)6-7-16)11-14(21)18-8-4-5-12(18)2/h3-5,12H,1,6-11H2,2H3/t12-/m1/s1. The van der Waals surface area contributed by atoms with E-state index < -0.39 is 5.54 Å². The molecule has 0 aromatic heterocycles. The third kappa shape index (κ3) is 2.23. The maximum atomic E-state index is 12.7. The fraction of sp³-hybridized carbons (Fsp3) is 0.562. The van der Waals surface area contributed by atoms with Gasteiger partial charge in [-0.2, -0.15) is 0 Å². The summed E-state index contributed by atoms with van der Waals surface area (Å²) in [7, 11) is 0. The molecule has 3 aliphatic rings. The van der Waals surface area contributed by atoms with E-state index in [0.717, 1.165) is 0 Å². The molecule has 3 rings (SSSR count). The molecule has 0 N–H and O–H groups in total. The van der Waals surface area contributed by atoms with Gasteiger partial charge in [0.15, 0.2) is 0 Å². The molecule has 6 nitrogen and oxygen atoms in total. The molecule has 1 saturated carbocycles. The smallest absolute Gasteiger partial charge is 0.249 e. The van der Waals surface area contributed by atoms with E-state index in [9.17, 15) is 14.4 Å². The van der Waals surface area contributed by atoms with Gasteiger partial charge in [0.05, 0.1) is 6.54 Å². The van der Waals surface area contributed by atoms with E-state index in [1.807, 2.05) is 19.1 Å². The van der Waals surface area contributed by atoms with Gasteiger partial charge in [0.1, 0.15) is 5.54 Å². The minimum absolute atomic E-state index is 0.0369. The molecule has 3 amide bonds. The second-order valence-electron chi connectivity index (χ2n) is 6.17. The van der Waals surface area contributed by atoms with Gasteiger partial charge in [0.2, 0.25) is 17.7 Å². The van der Waals surface area contributed by atoms with Crippen LogP contribution in [0.2, 0.25) is 0 Å². The van der Waals surface area contributed by atoms with Crippen molar-refractivity contribution in [2.24, 2.45) is 0 Å². The molecule has 1 saturated heterocycles. The summed E-state index contributed by atoms with van der Waals surface area (Å²) in [6.07, 6.45) is 6.57. The van der Waals surface area contributed by atoms with Crippen molar-refractivity contribution in [2.45, 2.75) is 31.3 Å². The number of carbonyl (C=O) groups is 3. The predicted molar refractivity (Wildman–Crippen MR) is 80.8 cm³/mol. The molecule has 22 heavy (non-hydrogen) atoms. The van der Waals surface area contributed by atoms with Crippen molar-refractivity contribution in [2.75, 3.05) is 26.2 Å². The molecule has 1 spiro atoms. The van der Waals surface area contributed by atoms with Crippen LogP contribution in [0.5, 0.6) is 0 Å². The second-order valence-corrected chi connectivity index (χ2v) is 6.17. The Bertz CT molecular complexity index is 565. The molecule has 0 aromatic carbocycles. The van der Waals surface area contributed by atoms with Crippen LogP contribution in [0.4, 0.5) is 0 Å². The molecule has 118 valence electrons. The first-order chi connectivity index (χ1) is 10.5. The predicted octanol–water partition coefficient (Wildman–Crippen LogP) is 0.163. The van der Waals surface area contributed by atoms with E-state index in [1.54, 1.807) is 14.7 Å². The van der Waals surface area contributed by atoms with E-state index in [-0.39, 0.29) is 30.3 Å². The van der Waals surface area contributed by atoms with Crippen molar-refractivity contribution < 1.29 is 14.4 Å². The summed E-state index contributed by atoms with van der Waals surface area (Å²) in [5, 5.41) is 0. The molecular formula is C16H21N3O3. The maximum Gasteiger partial charge on any atom is 0.249 e. The van der Waals surface area contributed by atoms with Crippen molar-refractivity contribution in [3.05, 3.63) is 24.8 Å². The normalized spacial score (nSPS) is 25.8. The van der Waals surface area contributed by atoms with Gasteiger partial charge in [-0.25, -0.2) is 0 Å². The van der Waals surface area contributed by atoms with Crippen molar-refractivity contribution in [1.82, 2.24) is 14.7 Å². The first-order valence-electron chi connectivity index (χ1n) is 7.69. The number of hydrogen-bond acceptors (Lipinski definition) is 3. The number of nitrogens with zero attached hydrogens (tertiary/aromatic N) is 3. The highest BCUT2D eigenvalue weighted by Crippen LogP contribution is 2.45. The Morgan fingerprint density at radius 1 is 1.41 bits per heavy atom. The van der Waals surface area contributed by atoms with Crippen molar-refractivity contribution in [3.63, 3.8) is 0 Å². The summed E-state index contributed by atoms with van der Waals surface area (Å²) in [5.74, 6) is -0.332. The van der Waals surface area contributed by atoms with Crippen molar-refractivity contribution >= 4 is 17.7 Å². The zero-order valence-electron chi connectivity index (χ0n) is 12.8. The van der Waals surface area contributed by atoms with Crippen LogP contribution >= 0.6 is 0 Å². The van der Waals surface area contributed by atoms with Crippen LogP contribution in [0, 0.1) is 0 Å². The van der Waals surface area contributed by atoms with Crippen LogP contribution in [0.15, 0.2) is 24.8 Å². The van der Waals surface area contributed by atoms with Crippen LogP contribution < -0.4 is 0 Å². The Hall–Kier alpha value is -2.11. The Balaban J connectivity index is 1.67. The van der Waals surface area contributed by atoms with Gasteiger partial charge in [-0.1, -0.05) is 18.7 Å². The lowest BCUT2D eigenvalue weighted by Gasteiger charge is -2.41. The average Bonchev–Trinajstić information content (AvgIpc) is 3.17. The van der Waals surface area contributed by atoms with Crippen LogP contribution in [0.3, 0.4) is 0 Å². The first-order valence-corrected chi connectivity index (χ1v) is 7.69. The fourth-order valence-corrected chi connectivity index (χ4v) is 3.35.